The molecule has 0 radical (unpaired) electrons. The highest BCUT2D eigenvalue weighted by molar-refractivity contribution is 5.84. The van der Waals surface area contributed by atoms with E-state index in [1.807, 2.05) is 5.43 Å². The third kappa shape index (κ3) is 3.64. The van der Waals surface area contributed by atoms with Crippen molar-refractivity contribution in [2.75, 3.05) is 12.5 Å². The van der Waals surface area contributed by atoms with Crippen molar-refractivity contribution < 1.29 is 26.7 Å². The molecular formula is C16H13F5N2O. The molecule has 0 bridgehead atoms. The molecule has 0 saturated heterocycles. The molecule has 1 N–H and O–H groups in total. The van der Waals surface area contributed by atoms with Crippen LogP contribution in [-0.2, 0) is 6.42 Å². The van der Waals surface area contributed by atoms with Crippen molar-refractivity contribution in [3.63, 3.8) is 0 Å². The number of rotatable bonds is 5. The van der Waals surface area contributed by atoms with Gasteiger partial charge in [-0.25, -0.2) is 22.0 Å². The van der Waals surface area contributed by atoms with Crippen LogP contribution < -0.4 is 10.2 Å². The minimum Gasteiger partial charge on any atom is -0.497 e. The largest absolute Gasteiger partial charge is 0.497 e. The zero-order valence-corrected chi connectivity index (χ0v) is 12.8. The van der Waals surface area contributed by atoms with E-state index in [-0.39, 0.29) is 0 Å². The predicted octanol–water partition coefficient (Wildman–Crippen LogP) is 4.42. The molecule has 0 atom stereocenters. The SMILES string of the molecule is COc1ccc(C/C(C)=N\Nc2c(F)c(F)c(F)c(F)c2F)cc1. The van der Waals surface area contributed by atoms with Gasteiger partial charge >= 0.3 is 0 Å². The molecule has 2 rings (SSSR count). The van der Waals surface area contributed by atoms with Gasteiger partial charge in [-0.05, 0) is 24.6 Å². The Kier molecular flexibility index (Phi) is 5.38. The van der Waals surface area contributed by atoms with Crippen molar-refractivity contribution in [2.24, 2.45) is 5.10 Å². The Morgan fingerprint density at radius 1 is 0.917 bits per heavy atom. The van der Waals surface area contributed by atoms with Crippen molar-refractivity contribution in [1.82, 2.24) is 0 Å². The van der Waals surface area contributed by atoms with Crippen molar-refractivity contribution in [2.45, 2.75) is 13.3 Å². The maximum absolute atomic E-state index is 13.5. The first-order valence-electron chi connectivity index (χ1n) is 6.78. The van der Waals surface area contributed by atoms with Gasteiger partial charge in [-0.2, -0.15) is 5.10 Å². The molecule has 0 heterocycles. The maximum Gasteiger partial charge on any atom is 0.200 e. The number of anilines is 1. The van der Waals surface area contributed by atoms with Crippen LogP contribution in [0.1, 0.15) is 12.5 Å². The lowest BCUT2D eigenvalue weighted by Crippen LogP contribution is -2.08. The number of hydrazone groups is 1. The number of hydrogen-bond donors (Lipinski definition) is 1. The highest BCUT2D eigenvalue weighted by Crippen LogP contribution is 2.27. The fourth-order valence-electron chi connectivity index (χ4n) is 1.93. The Balaban J connectivity index is 2.18. The molecule has 0 aromatic heterocycles. The fraction of sp³-hybridized carbons (Fsp3) is 0.188. The van der Waals surface area contributed by atoms with Gasteiger partial charge in [0.1, 0.15) is 11.4 Å². The van der Waals surface area contributed by atoms with E-state index in [4.69, 9.17) is 4.74 Å². The molecule has 0 amide bonds. The lowest BCUT2D eigenvalue weighted by molar-refractivity contribution is 0.381. The van der Waals surface area contributed by atoms with Crippen LogP contribution in [0.4, 0.5) is 27.6 Å². The summed E-state index contributed by atoms with van der Waals surface area (Å²) in [4.78, 5) is 0. The van der Waals surface area contributed by atoms with E-state index in [2.05, 4.69) is 5.10 Å². The molecule has 128 valence electrons. The van der Waals surface area contributed by atoms with Crippen LogP contribution >= 0.6 is 0 Å². The minimum absolute atomic E-state index is 0.312. The monoisotopic (exact) mass is 344 g/mol. The number of methoxy groups -OCH3 is 1. The standard InChI is InChI=1S/C16H13F5N2O/c1-8(7-9-3-5-10(24-2)6-4-9)22-23-16-14(20)12(18)11(17)13(19)15(16)21/h3-6,23H,7H2,1-2H3/b22-8-. The van der Waals surface area contributed by atoms with Crippen LogP contribution in [0.2, 0.25) is 0 Å². The molecule has 0 aliphatic carbocycles. The molecule has 0 aliphatic heterocycles. The molecule has 0 unspecified atom stereocenters. The Bertz CT molecular complexity index is 746. The van der Waals surface area contributed by atoms with Crippen LogP contribution in [0.25, 0.3) is 0 Å². The quantitative estimate of drug-likeness (QED) is 0.286. The number of benzene rings is 2. The fourth-order valence-corrected chi connectivity index (χ4v) is 1.93. The van der Waals surface area contributed by atoms with Gasteiger partial charge < -0.3 is 4.74 Å². The Labute approximate surface area is 134 Å². The average molecular weight is 344 g/mol. The zero-order valence-electron chi connectivity index (χ0n) is 12.8. The Hall–Kier alpha value is -2.64. The molecule has 0 saturated carbocycles. The summed E-state index contributed by atoms with van der Waals surface area (Å²) in [5.74, 6) is -9.54. The number of ether oxygens (including phenoxy) is 1. The van der Waals surface area contributed by atoms with Crippen LogP contribution in [-0.4, -0.2) is 12.8 Å². The Morgan fingerprint density at radius 2 is 1.42 bits per heavy atom. The summed E-state index contributed by atoms with van der Waals surface area (Å²) in [5.41, 5.74) is 1.91. The van der Waals surface area contributed by atoms with Gasteiger partial charge in [0.05, 0.1) is 7.11 Å². The second kappa shape index (κ2) is 7.29. The predicted molar refractivity (Wildman–Crippen MR) is 79.7 cm³/mol. The normalized spacial score (nSPS) is 11.5. The molecular weight excluding hydrogens is 331 g/mol. The van der Waals surface area contributed by atoms with Gasteiger partial charge in [0.15, 0.2) is 23.3 Å². The van der Waals surface area contributed by atoms with Crippen molar-refractivity contribution in [3.05, 3.63) is 58.9 Å². The first-order chi connectivity index (χ1) is 11.3. The van der Waals surface area contributed by atoms with Gasteiger partial charge in [-0.1, -0.05) is 12.1 Å². The molecule has 24 heavy (non-hydrogen) atoms. The minimum atomic E-state index is -2.21. The summed E-state index contributed by atoms with van der Waals surface area (Å²) in [7, 11) is 1.52. The van der Waals surface area contributed by atoms with Gasteiger partial charge in [-0.3, -0.25) is 5.43 Å². The Morgan fingerprint density at radius 3 is 1.92 bits per heavy atom. The number of hydrogen-bond acceptors (Lipinski definition) is 3. The lowest BCUT2D eigenvalue weighted by Gasteiger charge is -2.08. The van der Waals surface area contributed by atoms with Crippen LogP contribution in [0.3, 0.4) is 0 Å². The lowest BCUT2D eigenvalue weighted by atomic mass is 10.1. The number of halogens is 5. The molecule has 0 spiro atoms. The third-order valence-corrected chi connectivity index (χ3v) is 3.19. The molecule has 0 aliphatic rings. The second-order valence-corrected chi connectivity index (χ2v) is 4.93. The van der Waals surface area contributed by atoms with E-state index in [9.17, 15) is 22.0 Å². The molecule has 2 aromatic carbocycles. The van der Waals surface area contributed by atoms with Gasteiger partial charge in [0, 0.05) is 12.1 Å². The molecule has 0 fully saturated rings. The van der Waals surface area contributed by atoms with E-state index in [1.165, 1.54) is 7.11 Å². The van der Waals surface area contributed by atoms with Crippen LogP contribution in [0.5, 0.6) is 5.75 Å². The zero-order chi connectivity index (χ0) is 17.9. The summed E-state index contributed by atoms with van der Waals surface area (Å²) in [6.07, 6.45) is 0.312. The average Bonchev–Trinajstić information content (AvgIpc) is 2.59. The second-order valence-electron chi connectivity index (χ2n) is 4.93. The highest BCUT2D eigenvalue weighted by atomic mass is 19.2. The molecule has 3 nitrogen and oxygen atoms in total. The highest BCUT2D eigenvalue weighted by Gasteiger charge is 2.25. The van der Waals surface area contributed by atoms with E-state index in [0.29, 0.717) is 17.9 Å². The van der Waals surface area contributed by atoms with Gasteiger partial charge in [0.25, 0.3) is 0 Å². The maximum atomic E-state index is 13.5. The van der Waals surface area contributed by atoms with Gasteiger partial charge in [0.2, 0.25) is 5.82 Å². The smallest absolute Gasteiger partial charge is 0.200 e. The summed E-state index contributed by atoms with van der Waals surface area (Å²) < 4.78 is 71.1. The van der Waals surface area contributed by atoms with E-state index >= 15 is 0 Å². The first-order valence-corrected chi connectivity index (χ1v) is 6.78. The summed E-state index contributed by atoms with van der Waals surface area (Å²) in [6, 6.07) is 6.96. The van der Waals surface area contributed by atoms with E-state index in [0.717, 1.165) is 5.56 Å². The summed E-state index contributed by atoms with van der Waals surface area (Å²) in [5, 5.41) is 3.67. The van der Waals surface area contributed by atoms with Crippen molar-refractivity contribution >= 4 is 11.4 Å². The topological polar surface area (TPSA) is 33.6 Å². The molecule has 2 aromatic rings. The van der Waals surface area contributed by atoms with Crippen molar-refractivity contribution in [1.29, 1.82) is 0 Å². The summed E-state index contributed by atoms with van der Waals surface area (Å²) in [6.45, 7) is 1.54. The molecule has 8 heteroatoms. The van der Waals surface area contributed by atoms with E-state index < -0.39 is 34.8 Å². The number of nitrogens with one attached hydrogen (secondary N) is 1. The summed E-state index contributed by atoms with van der Waals surface area (Å²) >= 11 is 0. The van der Waals surface area contributed by atoms with E-state index in [1.54, 1.807) is 31.2 Å². The third-order valence-electron chi connectivity index (χ3n) is 3.19. The van der Waals surface area contributed by atoms with Crippen LogP contribution in [0.15, 0.2) is 29.4 Å². The van der Waals surface area contributed by atoms with Gasteiger partial charge in [-0.15, -0.1) is 0 Å². The first kappa shape index (κ1) is 17.7. The number of nitrogens with zero attached hydrogens (tertiary/aromatic N) is 1. The van der Waals surface area contributed by atoms with Crippen LogP contribution in [0, 0.1) is 29.1 Å². The van der Waals surface area contributed by atoms with Crippen molar-refractivity contribution in [3.8, 4) is 5.75 Å².